The van der Waals surface area contributed by atoms with Crippen molar-refractivity contribution in [3.05, 3.63) is 84.2 Å². The van der Waals surface area contributed by atoms with E-state index < -0.39 is 18.6 Å². The van der Waals surface area contributed by atoms with Gasteiger partial charge in [0.05, 0.1) is 38.3 Å². The lowest BCUT2D eigenvalue weighted by Crippen LogP contribution is -2.39. The summed E-state index contributed by atoms with van der Waals surface area (Å²) in [6, 6.07) is 19.1. The Morgan fingerprint density at radius 3 is 2.22 bits per heavy atom. The van der Waals surface area contributed by atoms with Crippen molar-refractivity contribution >= 4 is 5.97 Å². The standard InChI is InChI=1S/C28H29N3O5/c1-18-22(19-8-5-4-6-9-19)10-7-11-23(18)20-14-30-31(16-20)21-12-26(35-2)24(27(13-21)36-3)15-29-25(17-32)28(33)34/h4-14,16,25,29,32H,15,17H2,1-3H3,(H,33,34). The van der Waals surface area contributed by atoms with Crippen LogP contribution in [0.3, 0.4) is 0 Å². The molecule has 0 aliphatic heterocycles. The molecule has 8 nitrogen and oxygen atoms in total. The lowest BCUT2D eigenvalue weighted by Gasteiger charge is -2.18. The Bertz CT molecular complexity index is 1330. The number of nitrogens with zero attached hydrogens (tertiary/aromatic N) is 2. The average Bonchev–Trinajstić information content (AvgIpc) is 3.39. The quantitative estimate of drug-likeness (QED) is 0.310. The van der Waals surface area contributed by atoms with Gasteiger partial charge in [-0.15, -0.1) is 0 Å². The zero-order chi connectivity index (χ0) is 25.7. The molecular weight excluding hydrogens is 458 g/mol. The highest BCUT2D eigenvalue weighted by atomic mass is 16.5. The zero-order valence-corrected chi connectivity index (χ0v) is 20.4. The fourth-order valence-electron chi connectivity index (χ4n) is 4.21. The van der Waals surface area contributed by atoms with Crippen molar-refractivity contribution in [3.8, 4) is 39.4 Å². The molecule has 1 atom stereocenters. The van der Waals surface area contributed by atoms with Crippen LogP contribution in [0.15, 0.2) is 73.1 Å². The average molecular weight is 488 g/mol. The number of methoxy groups -OCH3 is 2. The Labute approximate surface area is 209 Å². The molecule has 36 heavy (non-hydrogen) atoms. The Hall–Kier alpha value is -4.14. The number of aliphatic hydroxyl groups excluding tert-OH is 1. The maximum atomic E-state index is 11.2. The SMILES string of the molecule is COc1cc(-n2cc(-c3cccc(-c4ccccc4)c3C)cn2)cc(OC)c1CNC(CO)C(=O)O. The van der Waals surface area contributed by atoms with Gasteiger partial charge in [0.2, 0.25) is 0 Å². The van der Waals surface area contributed by atoms with Gasteiger partial charge in [-0.25, -0.2) is 4.68 Å². The molecule has 0 aliphatic rings. The van der Waals surface area contributed by atoms with E-state index in [1.807, 2.05) is 48.8 Å². The Morgan fingerprint density at radius 2 is 1.64 bits per heavy atom. The Balaban J connectivity index is 1.67. The minimum absolute atomic E-state index is 0.139. The molecule has 0 spiro atoms. The molecule has 0 bridgehead atoms. The summed E-state index contributed by atoms with van der Waals surface area (Å²) in [5.41, 5.74) is 6.93. The molecule has 0 saturated heterocycles. The minimum Gasteiger partial charge on any atom is -0.496 e. The van der Waals surface area contributed by atoms with Crippen molar-refractivity contribution in [3.63, 3.8) is 0 Å². The van der Waals surface area contributed by atoms with Crippen molar-refractivity contribution in [2.24, 2.45) is 0 Å². The third-order valence-corrected chi connectivity index (χ3v) is 6.18. The zero-order valence-electron chi connectivity index (χ0n) is 20.4. The van der Waals surface area contributed by atoms with Crippen LogP contribution < -0.4 is 14.8 Å². The van der Waals surface area contributed by atoms with Crippen LogP contribution in [0.2, 0.25) is 0 Å². The molecule has 0 fully saturated rings. The topological polar surface area (TPSA) is 106 Å². The second-order valence-corrected chi connectivity index (χ2v) is 8.30. The molecule has 4 aromatic rings. The summed E-state index contributed by atoms with van der Waals surface area (Å²) in [5.74, 6) is -0.112. The summed E-state index contributed by atoms with van der Waals surface area (Å²) in [6.45, 7) is 1.72. The number of aliphatic hydroxyl groups is 1. The maximum absolute atomic E-state index is 11.2. The number of hydrogen-bond acceptors (Lipinski definition) is 6. The van der Waals surface area contributed by atoms with Crippen LogP contribution in [0.4, 0.5) is 0 Å². The van der Waals surface area contributed by atoms with E-state index in [4.69, 9.17) is 9.47 Å². The first kappa shape index (κ1) is 25.0. The molecule has 0 amide bonds. The molecule has 1 unspecified atom stereocenters. The summed E-state index contributed by atoms with van der Waals surface area (Å²) in [6.07, 6.45) is 3.78. The van der Waals surface area contributed by atoms with E-state index in [0.717, 1.165) is 27.9 Å². The third-order valence-electron chi connectivity index (χ3n) is 6.18. The first-order chi connectivity index (χ1) is 17.5. The van der Waals surface area contributed by atoms with E-state index in [-0.39, 0.29) is 6.54 Å². The van der Waals surface area contributed by atoms with Gasteiger partial charge in [-0.2, -0.15) is 5.10 Å². The summed E-state index contributed by atoms with van der Waals surface area (Å²) in [5, 5.41) is 25.9. The van der Waals surface area contributed by atoms with Crippen LogP contribution in [-0.4, -0.2) is 52.8 Å². The van der Waals surface area contributed by atoms with Crippen molar-refractivity contribution in [1.29, 1.82) is 0 Å². The van der Waals surface area contributed by atoms with E-state index >= 15 is 0 Å². The lowest BCUT2D eigenvalue weighted by atomic mass is 9.94. The fraction of sp³-hybridized carbons (Fsp3) is 0.214. The number of carboxylic acids is 1. The van der Waals surface area contributed by atoms with Gasteiger partial charge in [0.15, 0.2) is 0 Å². The van der Waals surface area contributed by atoms with Gasteiger partial charge in [-0.05, 0) is 29.2 Å². The minimum atomic E-state index is -1.14. The lowest BCUT2D eigenvalue weighted by molar-refractivity contribution is -0.140. The summed E-state index contributed by atoms with van der Waals surface area (Å²) < 4.78 is 12.9. The molecule has 0 radical (unpaired) electrons. The summed E-state index contributed by atoms with van der Waals surface area (Å²) in [4.78, 5) is 11.2. The first-order valence-corrected chi connectivity index (χ1v) is 11.5. The molecule has 186 valence electrons. The maximum Gasteiger partial charge on any atom is 0.323 e. The second-order valence-electron chi connectivity index (χ2n) is 8.30. The van der Waals surface area contributed by atoms with Crippen LogP contribution >= 0.6 is 0 Å². The number of aliphatic carboxylic acids is 1. The highest BCUT2D eigenvalue weighted by Gasteiger charge is 2.20. The number of rotatable bonds is 10. The monoisotopic (exact) mass is 487 g/mol. The molecule has 3 aromatic carbocycles. The van der Waals surface area contributed by atoms with Gasteiger partial charge in [-0.1, -0.05) is 48.5 Å². The highest BCUT2D eigenvalue weighted by Crippen LogP contribution is 2.34. The van der Waals surface area contributed by atoms with Crippen LogP contribution in [0, 0.1) is 6.92 Å². The molecule has 3 N–H and O–H groups in total. The van der Waals surface area contributed by atoms with Crippen molar-refractivity contribution in [2.45, 2.75) is 19.5 Å². The van der Waals surface area contributed by atoms with Crippen LogP contribution in [0.1, 0.15) is 11.1 Å². The predicted molar refractivity (Wildman–Crippen MR) is 138 cm³/mol. The second kappa shape index (κ2) is 11.1. The molecule has 1 aromatic heterocycles. The highest BCUT2D eigenvalue weighted by molar-refractivity contribution is 5.78. The third kappa shape index (κ3) is 5.10. The van der Waals surface area contributed by atoms with E-state index in [2.05, 4.69) is 41.6 Å². The number of aromatic nitrogens is 2. The van der Waals surface area contributed by atoms with Crippen LogP contribution in [-0.2, 0) is 11.3 Å². The summed E-state index contributed by atoms with van der Waals surface area (Å²) in [7, 11) is 3.07. The van der Waals surface area contributed by atoms with Gasteiger partial charge in [0.25, 0.3) is 0 Å². The molecule has 0 aliphatic carbocycles. The fourth-order valence-corrected chi connectivity index (χ4v) is 4.21. The largest absolute Gasteiger partial charge is 0.496 e. The van der Waals surface area contributed by atoms with Crippen molar-refractivity contribution in [2.75, 3.05) is 20.8 Å². The van der Waals surface area contributed by atoms with E-state index in [9.17, 15) is 15.0 Å². The first-order valence-electron chi connectivity index (χ1n) is 11.5. The smallest absolute Gasteiger partial charge is 0.323 e. The number of carboxylic acid groups (broad SMARTS) is 1. The van der Waals surface area contributed by atoms with Crippen molar-refractivity contribution in [1.82, 2.24) is 15.1 Å². The molecular formula is C28H29N3O5. The Morgan fingerprint density at radius 1 is 1.00 bits per heavy atom. The van der Waals surface area contributed by atoms with Gasteiger partial charge in [-0.3, -0.25) is 10.1 Å². The van der Waals surface area contributed by atoms with E-state index in [1.165, 1.54) is 19.8 Å². The predicted octanol–water partition coefficient (Wildman–Crippen LogP) is 4.07. The van der Waals surface area contributed by atoms with Gasteiger partial charge in [0.1, 0.15) is 17.5 Å². The molecule has 4 rings (SSSR count). The number of hydrogen-bond donors (Lipinski definition) is 3. The van der Waals surface area contributed by atoms with Crippen molar-refractivity contribution < 1.29 is 24.5 Å². The summed E-state index contributed by atoms with van der Waals surface area (Å²) >= 11 is 0. The van der Waals surface area contributed by atoms with E-state index in [0.29, 0.717) is 17.1 Å². The molecule has 1 heterocycles. The van der Waals surface area contributed by atoms with Gasteiger partial charge >= 0.3 is 5.97 Å². The van der Waals surface area contributed by atoms with Gasteiger partial charge < -0.3 is 19.7 Å². The number of carbonyl (C=O) groups is 1. The Kier molecular flexibility index (Phi) is 7.68. The molecule has 0 saturated carbocycles. The van der Waals surface area contributed by atoms with Crippen LogP contribution in [0.5, 0.6) is 11.5 Å². The van der Waals surface area contributed by atoms with Gasteiger partial charge in [0, 0.05) is 30.4 Å². The number of benzene rings is 3. The number of ether oxygens (including phenoxy) is 2. The van der Waals surface area contributed by atoms with Crippen LogP contribution in [0.25, 0.3) is 27.9 Å². The normalized spacial score (nSPS) is 11.8. The number of nitrogens with one attached hydrogen (secondary N) is 1. The van der Waals surface area contributed by atoms with E-state index in [1.54, 1.807) is 4.68 Å². The molecule has 8 heteroatoms.